The third kappa shape index (κ3) is 4.29. The van der Waals surface area contributed by atoms with Crippen molar-refractivity contribution in [3.05, 3.63) is 69.1 Å². The van der Waals surface area contributed by atoms with E-state index in [9.17, 15) is 9.59 Å². The highest BCUT2D eigenvalue weighted by Crippen LogP contribution is 2.23. The highest BCUT2D eigenvalue weighted by Gasteiger charge is 2.26. The molecule has 0 aliphatic carbocycles. The molecule has 4 heterocycles. The predicted molar refractivity (Wildman–Crippen MR) is 139 cm³/mol. The first-order valence-electron chi connectivity index (χ1n) is 12.0. The van der Waals surface area contributed by atoms with Crippen molar-refractivity contribution in [3.63, 3.8) is 0 Å². The van der Waals surface area contributed by atoms with Gasteiger partial charge in [-0.1, -0.05) is 36.3 Å². The fourth-order valence-corrected chi connectivity index (χ4v) is 4.61. The van der Waals surface area contributed by atoms with Crippen LogP contribution >= 0.6 is 0 Å². The van der Waals surface area contributed by atoms with Gasteiger partial charge in [0.2, 0.25) is 5.95 Å². The molecule has 10 nitrogen and oxygen atoms in total. The summed E-state index contributed by atoms with van der Waals surface area (Å²) in [5, 5.41) is 0. The second-order valence-electron chi connectivity index (χ2n) is 8.92. The number of nitrogens with zero attached hydrogens (tertiary/aromatic N) is 7. The number of piperidine rings is 1. The van der Waals surface area contributed by atoms with Crippen molar-refractivity contribution in [2.75, 3.05) is 18.0 Å². The quantitative estimate of drug-likeness (QED) is 0.425. The van der Waals surface area contributed by atoms with Crippen molar-refractivity contribution in [3.8, 4) is 23.2 Å². The van der Waals surface area contributed by atoms with E-state index in [1.807, 2.05) is 30.3 Å². The van der Waals surface area contributed by atoms with Gasteiger partial charge < -0.3 is 10.6 Å². The van der Waals surface area contributed by atoms with Crippen LogP contribution in [0.15, 0.2) is 52.2 Å². The fraction of sp³-hybridized carbons (Fsp3) is 0.346. The minimum absolute atomic E-state index is 0.0123. The lowest BCUT2D eigenvalue weighted by Crippen LogP contribution is -2.44. The van der Waals surface area contributed by atoms with Gasteiger partial charge in [0, 0.05) is 37.9 Å². The zero-order valence-corrected chi connectivity index (χ0v) is 20.4. The molecule has 10 heteroatoms. The standard InChI is InChI=1S/C26H28N8O2/c1-3-4-15-33-21-23(30-25(33)32-14-8-11-19(27)16-32)31(2)26(36)34(24(21)35)17-20-12-13-28-22(29-20)18-9-6-5-7-10-18/h5-7,9-10,12-13,19H,8,11,14-17,27H2,1-2H3/t19-/m1/s1. The second-order valence-corrected chi connectivity index (χ2v) is 8.92. The van der Waals surface area contributed by atoms with E-state index in [2.05, 4.69) is 26.7 Å². The number of benzene rings is 1. The number of aryl methyl sites for hydroxylation is 1. The molecule has 2 N–H and O–H groups in total. The number of rotatable bonds is 5. The number of imidazole rings is 1. The zero-order valence-electron chi connectivity index (χ0n) is 20.4. The van der Waals surface area contributed by atoms with Gasteiger partial charge in [0.15, 0.2) is 17.0 Å². The predicted octanol–water partition coefficient (Wildman–Crippen LogP) is 1.35. The lowest BCUT2D eigenvalue weighted by molar-refractivity contribution is 0.496. The molecule has 0 amide bonds. The van der Waals surface area contributed by atoms with Crippen LogP contribution in [0.5, 0.6) is 0 Å². The van der Waals surface area contributed by atoms with Gasteiger partial charge in [-0.15, -0.1) is 5.92 Å². The monoisotopic (exact) mass is 484 g/mol. The SMILES string of the molecule is CC#CCn1c(N2CCC[C@@H](N)C2)nc2c1c(=O)n(Cc1ccnc(-c3ccccc3)n1)c(=O)n2C. The van der Waals surface area contributed by atoms with E-state index in [-0.39, 0.29) is 19.1 Å². The van der Waals surface area contributed by atoms with Crippen molar-refractivity contribution >= 4 is 17.1 Å². The summed E-state index contributed by atoms with van der Waals surface area (Å²) in [6.45, 7) is 3.46. The number of hydrogen-bond donors (Lipinski definition) is 1. The van der Waals surface area contributed by atoms with Gasteiger partial charge in [-0.3, -0.25) is 18.5 Å². The van der Waals surface area contributed by atoms with Crippen LogP contribution in [0.1, 0.15) is 25.5 Å². The summed E-state index contributed by atoms with van der Waals surface area (Å²) in [4.78, 5) is 42.8. The first-order chi connectivity index (χ1) is 17.5. The van der Waals surface area contributed by atoms with Crippen LogP contribution in [0.2, 0.25) is 0 Å². The summed E-state index contributed by atoms with van der Waals surface area (Å²) in [5.41, 5.74) is 7.42. The Balaban J connectivity index is 1.63. The molecule has 1 aromatic carbocycles. The van der Waals surface area contributed by atoms with E-state index in [1.165, 1.54) is 9.13 Å². The number of hydrogen-bond acceptors (Lipinski definition) is 7. The summed E-state index contributed by atoms with van der Waals surface area (Å²) < 4.78 is 4.42. The van der Waals surface area contributed by atoms with E-state index in [0.29, 0.717) is 35.2 Å². The van der Waals surface area contributed by atoms with Gasteiger partial charge in [-0.25, -0.2) is 14.8 Å². The third-order valence-electron chi connectivity index (χ3n) is 6.43. The van der Waals surface area contributed by atoms with Gasteiger partial charge in [-0.05, 0) is 25.8 Å². The Morgan fingerprint density at radius 3 is 2.67 bits per heavy atom. The number of anilines is 1. The molecular weight excluding hydrogens is 456 g/mol. The van der Waals surface area contributed by atoms with Crippen molar-refractivity contribution in [2.24, 2.45) is 12.8 Å². The molecule has 1 aliphatic rings. The minimum atomic E-state index is -0.458. The molecule has 0 unspecified atom stereocenters. The van der Waals surface area contributed by atoms with Crippen LogP contribution in [0.3, 0.4) is 0 Å². The van der Waals surface area contributed by atoms with Gasteiger partial charge >= 0.3 is 5.69 Å². The molecule has 36 heavy (non-hydrogen) atoms. The molecule has 0 spiro atoms. The third-order valence-corrected chi connectivity index (χ3v) is 6.43. The van der Waals surface area contributed by atoms with Gasteiger partial charge in [0.1, 0.15) is 0 Å². The van der Waals surface area contributed by atoms with Gasteiger partial charge in [0.05, 0.1) is 18.8 Å². The topological polar surface area (TPSA) is 117 Å². The number of aromatic nitrogens is 6. The minimum Gasteiger partial charge on any atom is -0.341 e. The average molecular weight is 485 g/mol. The normalized spacial score (nSPS) is 15.6. The van der Waals surface area contributed by atoms with Crippen molar-refractivity contribution < 1.29 is 0 Å². The maximum Gasteiger partial charge on any atom is 0.332 e. The van der Waals surface area contributed by atoms with Gasteiger partial charge in [-0.2, -0.15) is 4.98 Å². The van der Waals surface area contributed by atoms with Crippen LogP contribution in [-0.4, -0.2) is 47.8 Å². The summed E-state index contributed by atoms with van der Waals surface area (Å²) in [5.74, 6) is 7.09. The van der Waals surface area contributed by atoms with Crippen LogP contribution in [0, 0.1) is 11.8 Å². The Labute approximate surface area is 208 Å². The zero-order chi connectivity index (χ0) is 25.2. The lowest BCUT2D eigenvalue weighted by atomic mass is 10.1. The molecule has 3 aromatic heterocycles. The Bertz CT molecular complexity index is 1590. The first kappa shape index (κ1) is 23.5. The van der Waals surface area contributed by atoms with Crippen LogP contribution in [0.25, 0.3) is 22.6 Å². The molecule has 4 aromatic rings. The highest BCUT2D eigenvalue weighted by molar-refractivity contribution is 5.75. The molecule has 1 atom stereocenters. The molecule has 5 rings (SSSR count). The average Bonchev–Trinajstić information content (AvgIpc) is 3.29. The van der Waals surface area contributed by atoms with Crippen molar-refractivity contribution in [2.45, 2.75) is 38.9 Å². The largest absolute Gasteiger partial charge is 0.341 e. The fourth-order valence-electron chi connectivity index (χ4n) is 4.61. The molecule has 1 fully saturated rings. The van der Waals surface area contributed by atoms with Gasteiger partial charge in [0.25, 0.3) is 5.56 Å². The Morgan fingerprint density at radius 1 is 1.11 bits per heavy atom. The molecular formula is C26H28N8O2. The molecule has 184 valence electrons. The Morgan fingerprint density at radius 2 is 1.92 bits per heavy atom. The van der Waals surface area contributed by atoms with E-state index >= 15 is 0 Å². The van der Waals surface area contributed by atoms with E-state index in [4.69, 9.17) is 10.7 Å². The summed E-state index contributed by atoms with van der Waals surface area (Å²) in [6.07, 6.45) is 3.52. The Kier molecular flexibility index (Phi) is 6.40. The summed E-state index contributed by atoms with van der Waals surface area (Å²) in [6, 6.07) is 11.3. The lowest BCUT2D eigenvalue weighted by Gasteiger charge is -2.31. The number of nitrogens with two attached hydrogens (primary N) is 1. The maximum atomic E-state index is 13.8. The molecule has 1 aliphatic heterocycles. The van der Waals surface area contributed by atoms with Crippen LogP contribution in [-0.2, 0) is 20.1 Å². The van der Waals surface area contributed by atoms with Crippen LogP contribution < -0.4 is 21.9 Å². The van der Waals surface area contributed by atoms with E-state index in [0.717, 1.165) is 24.9 Å². The molecule has 0 radical (unpaired) electrons. The molecule has 1 saturated heterocycles. The summed E-state index contributed by atoms with van der Waals surface area (Å²) >= 11 is 0. The van der Waals surface area contributed by atoms with Crippen molar-refractivity contribution in [1.82, 2.24) is 28.7 Å². The van der Waals surface area contributed by atoms with E-state index in [1.54, 1.807) is 30.8 Å². The van der Waals surface area contributed by atoms with Crippen LogP contribution in [0.4, 0.5) is 5.95 Å². The first-order valence-corrected chi connectivity index (χ1v) is 12.0. The smallest absolute Gasteiger partial charge is 0.332 e. The molecule has 0 bridgehead atoms. The Hall–Kier alpha value is -4.23. The van der Waals surface area contributed by atoms with E-state index < -0.39 is 11.2 Å². The summed E-state index contributed by atoms with van der Waals surface area (Å²) in [7, 11) is 1.63. The molecule has 0 saturated carbocycles. The van der Waals surface area contributed by atoms with Crippen molar-refractivity contribution in [1.29, 1.82) is 0 Å². The highest BCUT2D eigenvalue weighted by atomic mass is 16.2. The maximum absolute atomic E-state index is 13.8. The second kappa shape index (κ2) is 9.79. The number of fused-ring (bicyclic) bond motifs is 1.